The van der Waals surface area contributed by atoms with Crippen molar-refractivity contribution in [3.8, 4) is 0 Å². The molecule has 0 aliphatic heterocycles. The van der Waals surface area contributed by atoms with Crippen molar-refractivity contribution in [2.24, 2.45) is 5.41 Å². The molecule has 0 saturated heterocycles. The minimum absolute atomic E-state index is 0.0984. The summed E-state index contributed by atoms with van der Waals surface area (Å²) in [4.78, 5) is 23.7. The maximum absolute atomic E-state index is 12.1. The Labute approximate surface area is 117 Å². The number of carboxylic acid groups (broad SMARTS) is 1. The molecule has 2 rings (SSSR count). The zero-order chi connectivity index (χ0) is 15.0. The first-order chi connectivity index (χ1) is 9.35. The van der Waals surface area contributed by atoms with Crippen LogP contribution in [0.5, 0.6) is 0 Å². The Bertz CT molecular complexity index is 508. The van der Waals surface area contributed by atoms with Crippen molar-refractivity contribution >= 4 is 11.9 Å². The smallest absolute Gasteiger partial charge is 0.330 e. The maximum Gasteiger partial charge on any atom is 0.330 e. The van der Waals surface area contributed by atoms with Crippen molar-refractivity contribution in [1.29, 1.82) is 0 Å². The van der Waals surface area contributed by atoms with Gasteiger partial charge in [-0.15, -0.1) is 0 Å². The lowest BCUT2D eigenvalue weighted by atomic mass is 9.54. The van der Waals surface area contributed by atoms with E-state index >= 15 is 0 Å². The van der Waals surface area contributed by atoms with Crippen LogP contribution in [0.2, 0.25) is 0 Å². The zero-order valence-electron chi connectivity index (χ0n) is 11.8. The van der Waals surface area contributed by atoms with Crippen LogP contribution in [-0.2, 0) is 9.53 Å². The van der Waals surface area contributed by atoms with Crippen molar-refractivity contribution in [2.45, 2.75) is 38.8 Å². The molecule has 1 aromatic heterocycles. The van der Waals surface area contributed by atoms with E-state index in [1.807, 2.05) is 6.92 Å². The lowest BCUT2D eigenvalue weighted by molar-refractivity contribution is -0.190. The van der Waals surface area contributed by atoms with E-state index < -0.39 is 22.8 Å². The van der Waals surface area contributed by atoms with E-state index in [0.29, 0.717) is 6.61 Å². The molecule has 0 aromatic carbocycles. The molecule has 20 heavy (non-hydrogen) atoms. The van der Waals surface area contributed by atoms with Crippen molar-refractivity contribution in [2.75, 3.05) is 6.61 Å². The molecule has 0 spiro atoms. The predicted molar refractivity (Wildman–Crippen MR) is 70.4 cm³/mol. The molecule has 1 aliphatic carbocycles. The van der Waals surface area contributed by atoms with Crippen molar-refractivity contribution in [1.82, 2.24) is 5.32 Å². The molecule has 2 atom stereocenters. The average Bonchev–Trinajstić information content (AvgIpc) is 2.90. The number of ether oxygens (including phenoxy) is 1. The van der Waals surface area contributed by atoms with Crippen LogP contribution in [0.1, 0.15) is 37.7 Å². The standard InChI is InChI=1S/C14H19NO5/c1-4-19-10-8-14(12(17)18,13(10,2)3)15-11(16)9-6-5-7-20-9/h5-7,10H,4,8H2,1-3H3,(H,15,16)(H,17,18)/t10-,14+/m1/s1. The molecule has 1 heterocycles. The van der Waals surface area contributed by atoms with Gasteiger partial charge in [0.1, 0.15) is 5.54 Å². The molecule has 1 fully saturated rings. The van der Waals surface area contributed by atoms with Crippen molar-refractivity contribution in [3.05, 3.63) is 24.2 Å². The van der Waals surface area contributed by atoms with Crippen LogP contribution >= 0.6 is 0 Å². The lowest BCUT2D eigenvalue weighted by Gasteiger charge is -2.58. The van der Waals surface area contributed by atoms with E-state index in [1.54, 1.807) is 19.9 Å². The van der Waals surface area contributed by atoms with Crippen LogP contribution in [0.3, 0.4) is 0 Å². The molecule has 0 bridgehead atoms. The number of rotatable bonds is 5. The van der Waals surface area contributed by atoms with Crippen LogP contribution in [0.15, 0.2) is 22.8 Å². The summed E-state index contributed by atoms with van der Waals surface area (Å²) in [7, 11) is 0. The number of furan rings is 1. The molecular weight excluding hydrogens is 262 g/mol. The SMILES string of the molecule is CCO[C@@H]1C[C@](NC(=O)c2ccco2)(C(=O)O)C1(C)C. The first-order valence-corrected chi connectivity index (χ1v) is 6.56. The van der Waals surface area contributed by atoms with Gasteiger partial charge in [0.2, 0.25) is 0 Å². The van der Waals surface area contributed by atoms with E-state index in [2.05, 4.69) is 5.32 Å². The summed E-state index contributed by atoms with van der Waals surface area (Å²) in [6.07, 6.45) is 1.42. The third-order valence-electron chi connectivity index (χ3n) is 4.20. The summed E-state index contributed by atoms with van der Waals surface area (Å²) in [6.45, 7) is 5.94. The molecule has 110 valence electrons. The number of nitrogens with one attached hydrogen (secondary N) is 1. The second-order valence-electron chi connectivity index (χ2n) is 5.51. The number of amides is 1. The quantitative estimate of drug-likeness (QED) is 0.857. The van der Waals surface area contributed by atoms with Crippen LogP contribution < -0.4 is 5.32 Å². The second-order valence-corrected chi connectivity index (χ2v) is 5.51. The highest BCUT2D eigenvalue weighted by Gasteiger charge is 2.66. The van der Waals surface area contributed by atoms with Gasteiger partial charge in [0, 0.05) is 18.4 Å². The second kappa shape index (κ2) is 4.94. The minimum Gasteiger partial charge on any atom is -0.479 e. The van der Waals surface area contributed by atoms with Crippen LogP contribution in [0.4, 0.5) is 0 Å². The van der Waals surface area contributed by atoms with E-state index in [0.717, 1.165) is 0 Å². The van der Waals surface area contributed by atoms with Gasteiger partial charge in [0.15, 0.2) is 5.76 Å². The van der Waals surface area contributed by atoms with Crippen molar-refractivity contribution < 1.29 is 23.8 Å². The van der Waals surface area contributed by atoms with E-state index in [4.69, 9.17) is 9.15 Å². The fourth-order valence-corrected chi connectivity index (χ4v) is 2.70. The molecule has 1 amide bonds. The zero-order valence-corrected chi connectivity index (χ0v) is 11.8. The third kappa shape index (κ3) is 2.00. The number of hydrogen-bond acceptors (Lipinski definition) is 4. The molecule has 1 aromatic rings. The summed E-state index contributed by atoms with van der Waals surface area (Å²) in [5.41, 5.74) is -2.03. The van der Waals surface area contributed by atoms with Gasteiger partial charge in [-0.2, -0.15) is 0 Å². The van der Waals surface area contributed by atoms with Gasteiger partial charge in [0.05, 0.1) is 12.4 Å². The number of aliphatic carboxylic acids is 1. The molecule has 6 nitrogen and oxygen atoms in total. The first kappa shape index (κ1) is 14.6. The molecule has 1 saturated carbocycles. The van der Waals surface area contributed by atoms with Crippen molar-refractivity contribution in [3.63, 3.8) is 0 Å². The summed E-state index contributed by atoms with van der Waals surface area (Å²) in [6, 6.07) is 3.08. The largest absolute Gasteiger partial charge is 0.479 e. The van der Waals surface area contributed by atoms with E-state index in [1.165, 1.54) is 12.3 Å². The van der Waals surface area contributed by atoms with Gasteiger partial charge in [-0.3, -0.25) is 4.79 Å². The normalized spacial score (nSPS) is 27.6. The van der Waals surface area contributed by atoms with Gasteiger partial charge >= 0.3 is 5.97 Å². The van der Waals surface area contributed by atoms with Gasteiger partial charge in [0.25, 0.3) is 5.91 Å². The number of hydrogen-bond donors (Lipinski definition) is 2. The Morgan fingerprint density at radius 3 is 2.70 bits per heavy atom. The Hall–Kier alpha value is -1.82. The number of carboxylic acids is 1. The average molecular weight is 281 g/mol. The molecule has 0 radical (unpaired) electrons. The molecule has 0 unspecified atom stereocenters. The molecular formula is C14H19NO5. The highest BCUT2D eigenvalue weighted by Crippen LogP contribution is 2.51. The Kier molecular flexibility index (Phi) is 3.60. The number of carbonyl (C=O) groups excluding carboxylic acids is 1. The van der Waals surface area contributed by atoms with E-state index in [-0.39, 0.29) is 18.3 Å². The predicted octanol–water partition coefficient (Wildman–Crippen LogP) is 1.67. The van der Waals surface area contributed by atoms with Crippen LogP contribution in [0.25, 0.3) is 0 Å². The first-order valence-electron chi connectivity index (χ1n) is 6.56. The highest BCUT2D eigenvalue weighted by molar-refractivity contribution is 5.96. The lowest BCUT2D eigenvalue weighted by Crippen LogP contribution is -2.76. The topological polar surface area (TPSA) is 88.8 Å². The van der Waals surface area contributed by atoms with Gasteiger partial charge in [-0.25, -0.2) is 4.79 Å². The summed E-state index contributed by atoms with van der Waals surface area (Å²) >= 11 is 0. The molecule has 6 heteroatoms. The fourth-order valence-electron chi connectivity index (χ4n) is 2.70. The Morgan fingerprint density at radius 1 is 1.55 bits per heavy atom. The monoisotopic (exact) mass is 281 g/mol. The molecule has 2 N–H and O–H groups in total. The fraction of sp³-hybridized carbons (Fsp3) is 0.571. The maximum atomic E-state index is 12.1. The number of carbonyl (C=O) groups is 2. The van der Waals surface area contributed by atoms with Gasteiger partial charge in [-0.1, -0.05) is 13.8 Å². The van der Waals surface area contributed by atoms with Crippen LogP contribution in [-0.4, -0.2) is 35.2 Å². The minimum atomic E-state index is -1.34. The van der Waals surface area contributed by atoms with Crippen LogP contribution in [0, 0.1) is 5.41 Å². The van der Waals surface area contributed by atoms with Gasteiger partial charge in [-0.05, 0) is 19.1 Å². The molecule has 1 aliphatic rings. The third-order valence-corrected chi connectivity index (χ3v) is 4.20. The Morgan fingerprint density at radius 2 is 2.25 bits per heavy atom. The highest BCUT2D eigenvalue weighted by atomic mass is 16.5. The summed E-state index contributed by atoms with van der Waals surface area (Å²) < 4.78 is 10.5. The summed E-state index contributed by atoms with van der Waals surface area (Å²) in [5.74, 6) is -1.49. The Balaban J connectivity index is 2.21. The summed E-state index contributed by atoms with van der Waals surface area (Å²) in [5, 5.41) is 12.1. The van der Waals surface area contributed by atoms with E-state index in [9.17, 15) is 14.7 Å². The van der Waals surface area contributed by atoms with Gasteiger partial charge < -0.3 is 19.6 Å².